The molecule has 0 aromatic rings. The van der Waals surface area contributed by atoms with Crippen LogP contribution in [-0.4, -0.2) is 46.0 Å². The zero-order valence-electron chi connectivity index (χ0n) is 9.13. The summed E-state index contributed by atoms with van der Waals surface area (Å²) in [5.41, 5.74) is 0. The van der Waals surface area contributed by atoms with Crippen molar-refractivity contribution in [3.8, 4) is 0 Å². The normalized spacial score (nSPS) is 13.1. The van der Waals surface area contributed by atoms with Gasteiger partial charge in [-0.25, -0.2) is 0 Å². The fourth-order valence-electron chi connectivity index (χ4n) is 0.836. The maximum atomic E-state index is 5.63. The first kappa shape index (κ1) is 14.2. The van der Waals surface area contributed by atoms with Crippen molar-refractivity contribution in [2.45, 2.75) is 13.3 Å². The lowest BCUT2D eigenvalue weighted by atomic mass is 10.2. The quantitative estimate of drug-likeness (QED) is 0.419. The Morgan fingerprint density at radius 3 is 2.43 bits per heavy atom. The SMILES string of the molecule is COCCOCCCOCC(C)CCl. The molecule has 0 heterocycles. The first-order valence-corrected chi connectivity index (χ1v) is 5.55. The van der Waals surface area contributed by atoms with Crippen LogP contribution < -0.4 is 0 Å². The van der Waals surface area contributed by atoms with E-state index < -0.39 is 0 Å². The van der Waals surface area contributed by atoms with Crippen molar-refractivity contribution in [2.24, 2.45) is 5.92 Å². The Morgan fingerprint density at radius 1 is 1.07 bits per heavy atom. The van der Waals surface area contributed by atoms with E-state index in [9.17, 15) is 0 Å². The second-order valence-corrected chi connectivity index (χ2v) is 3.60. The first-order valence-electron chi connectivity index (χ1n) is 5.01. The summed E-state index contributed by atoms with van der Waals surface area (Å²) in [6.07, 6.45) is 0.929. The highest BCUT2D eigenvalue weighted by Crippen LogP contribution is 1.98. The molecule has 86 valence electrons. The van der Waals surface area contributed by atoms with Gasteiger partial charge in [0.15, 0.2) is 0 Å². The molecule has 3 nitrogen and oxygen atoms in total. The Kier molecular flexibility index (Phi) is 11.4. The van der Waals surface area contributed by atoms with Gasteiger partial charge in [-0.1, -0.05) is 6.92 Å². The summed E-state index contributed by atoms with van der Waals surface area (Å²) >= 11 is 5.63. The van der Waals surface area contributed by atoms with Crippen LogP contribution in [0.25, 0.3) is 0 Å². The van der Waals surface area contributed by atoms with Crippen molar-refractivity contribution in [3.05, 3.63) is 0 Å². The van der Waals surface area contributed by atoms with Crippen molar-refractivity contribution in [1.29, 1.82) is 0 Å². The van der Waals surface area contributed by atoms with Crippen LogP contribution in [0.2, 0.25) is 0 Å². The van der Waals surface area contributed by atoms with Crippen LogP contribution in [0.5, 0.6) is 0 Å². The van der Waals surface area contributed by atoms with E-state index in [-0.39, 0.29) is 0 Å². The summed E-state index contributed by atoms with van der Waals surface area (Å²) in [5, 5.41) is 0. The first-order chi connectivity index (χ1) is 6.81. The molecule has 4 heteroatoms. The Labute approximate surface area is 91.7 Å². The third-order valence-electron chi connectivity index (χ3n) is 1.67. The smallest absolute Gasteiger partial charge is 0.0700 e. The lowest BCUT2D eigenvalue weighted by molar-refractivity contribution is 0.0470. The van der Waals surface area contributed by atoms with Gasteiger partial charge in [-0.05, 0) is 12.3 Å². The van der Waals surface area contributed by atoms with Gasteiger partial charge in [-0.3, -0.25) is 0 Å². The van der Waals surface area contributed by atoms with Crippen molar-refractivity contribution >= 4 is 11.6 Å². The molecule has 0 spiro atoms. The van der Waals surface area contributed by atoms with Crippen molar-refractivity contribution < 1.29 is 14.2 Å². The molecule has 0 aliphatic rings. The minimum absolute atomic E-state index is 0.436. The van der Waals surface area contributed by atoms with Gasteiger partial charge in [0.05, 0.1) is 19.8 Å². The van der Waals surface area contributed by atoms with E-state index in [0.717, 1.165) is 26.2 Å². The minimum Gasteiger partial charge on any atom is -0.382 e. The highest BCUT2D eigenvalue weighted by molar-refractivity contribution is 6.18. The molecule has 14 heavy (non-hydrogen) atoms. The van der Waals surface area contributed by atoms with Crippen LogP contribution >= 0.6 is 11.6 Å². The van der Waals surface area contributed by atoms with Crippen LogP contribution in [-0.2, 0) is 14.2 Å². The second-order valence-electron chi connectivity index (χ2n) is 3.29. The number of hydrogen-bond acceptors (Lipinski definition) is 3. The van der Waals surface area contributed by atoms with E-state index in [2.05, 4.69) is 6.92 Å². The van der Waals surface area contributed by atoms with Crippen LogP contribution in [0.3, 0.4) is 0 Å². The third-order valence-corrected chi connectivity index (χ3v) is 2.20. The molecular formula is C10H21ClO3. The van der Waals surface area contributed by atoms with Gasteiger partial charge in [0.1, 0.15) is 0 Å². The molecule has 1 unspecified atom stereocenters. The van der Waals surface area contributed by atoms with E-state index in [1.54, 1.807) is 7.11 Å². The molecule has 0 rings (SSSR count). The summed E-state index contributed by atoms with van der Waals surface area (Å²) in [4.78, 5) is 0. The summed E-state index contributed by atoms with van der Waals surface area (Å²) in [6.45, 7) is 5.61. The average Bonchev–Trinajstić information content (AvgIpc) is 2.21. The highest BCUT2D eigenvalue weighted by Gasteiger charge is 1.98. The van der Waals surface area contributed by atoms with E-state index in [0.29, 0.717) is 25.0 Å². The molecule has 0 saturated heterocycles. The molecule has 0 aromatic carbocycles. The molecule has 0 amide bonds. The molecule has 0 aliphatic heterocycles. The molecule has 0 radical (unpaired) electrons. The molecule has 0 saturated carbocycles. The molecule has 0 N–H and O–H groups in total. The van der Waals surface area contributed by atoms with E-state index >= 15 is 0 Å². The molecule has 1 atom stereocenters. The summed E-state index contributed by atoms with van der Waals surface area (Å²) < 4.78 is 15.5. The number of halogens is 1. The maximum absolute atomic E-state index is 5.63. The van der Waals surface area contributed by atoms with Gasteiger partial charge in [-0.15, -0.1) is 11.6 Å². The predicted molar refractivity (Wildman–Crippen MR) is 58.0 cm³/mol. The maximum Gasteiger partial charge on any atom is 0.0700 e. The largest absolute Gasteiger partial charge is 0.382 e. The number of ether oxygens (including phenoxy) is 3. The third kappa shape index (κ3) is 10.3. The highest BCUT2D eigenvalue weighted by atomic mass is 35.5. The average molecular weight is 225 g/mol. The molecule has 0 bridgehead atoms. The summed E-state index contributed by atoms with van der Waals surface area (Å²) in [5.74, 6) is 1.09. The standard InChI is InChI=1S/C10H21ClO3/c1-10(8-11)9-14-5-3-4-13-7-6-12-2/h10H,3-9H2,1-2H3. The number of methoxy groups -OCH3 is 1. The van der Waals surface area contributed by atoms with Crippen LogP contribution in [0.1, 0.15) is 13.3 Å². The van der Waals surface area contributed by atoms with E-state index in [1.165, 1.54) is 0 Å². The number of hydrogen-bond donors (Lipinski definition) is 0. The van der Waals surface area contributed by atoms with Gasteiger partial charge in [0.25, 0.3) is 0 Å². The second kappa shape index (κ2) is 11.2. The minimum atomic E-state index is 0.436. The van der Waals surface area contributed by atoms with Crippen molar-refractivity contribution in [3.63, 3.8) is 0 Å². The van der Waals surface area contributed by atoms with Crippen LogP contribution in [0.15, 0.2) is 0 Å². The topological polar surface area (TPSA) is 27.7 Å². The zero-order valence-corrected chi connectivity index (χ0v) is 9.89. The lowest BCUT2D eigenvalue weighted by Gasteiger charge is -2.08. The van der Waals surface area contributed by atoms with Gasteiger partial charge in [-0.2, -0.15) is 0 Å². The van der Waals surface area contributed by atoms with Crippen LogP contribution in [0.4, 0.5) is 0 Å². The fraction of sp³-hybridized carbons (Fsp3) is 1.00. The molecule has 0 aromatic heterocycles. The Morgan fingerprint density at radius 2 is 1.79 bits per heavy atom. The van der Waals surface area contributed by atoms with Gasteiger partial charge < -0.3 is 14.2 Å². The monoisotopic (exact) mass is 224 g/mol. The molecular weight excluding hydrogens is 204 g/mol. The lowest BCUT2D eigenvalue weighted by Crippen LogP contribution is -2.10. The number of alkyl halides is 1. The molecule has 0 fully saturated rings. The van der Waals surface area contributed by atoms with E-state index in [4.69, 9.17) is 25.8 Å². The summed E-state index contributed by atoms with van der Waals surface area (Å²) in [6, 6.07) is 0. The van der Waals surface area contributed by atoms with Crippen LogP contribution in [0, 0.1) is 5.92 Å². The zero-order chi connectivity index (χ0) is 10.6. The van der Waals surface area contributed by atoms with Gasteiger partial charge in [0.2, 0.25) is 0 Å². The van der Waals surface area contributed by atoms with Crippen molar-refractivity contribution in [1.82, 2.24) is 0 Å². The van der Waals surface area contributed by atoms with E-state index in [1.807, 2.05) is 0 Å². The fourth-order valence-corrected chi connectivity index (χ4v) is 0.926. The van der Waals surface area contributed by atoms with Gasteiger partial charge >= 0.3 is 0 Å². The van der Waals surface area contributed by atoms with Crippen molar-refractivity contribution in [2.75, 3.05) is 46.0 Å². The Bertz CT molecular complexity index is 112. The molecule has 0 aliphatic carbocycles. The summed E-state index contributed by atoms with van der Waals surface area (Å²) in [7, 11) is 1.67. The Hall–Kier alpha value is 0.170. The van der Waals surface area contributed by atoms with Gasteiger partial charge in [0, 0.05) is 26.2 Å². The predicted octanol–water partition coefficient (Wildman–Crippen LogP) is 1.93. The Balaban J connectivity index is 2.92. The number of rotatable bonds is 10.